The van der Waals surface area contributed by atoms with Crippen LogP contribution >= 0.6 is 0 Å². The van der Waals surface area contributed by atoms with Crippen molar-refractivity contribution in [1.29, 1.82) is 0 Å². The molecule has 1 heterocycles. The number of pyridine rings is 1. The molecule has 2 aromatic carbocycles. The molecule has 0 aliphatic heterocycles. The second-order valence-corrected chi connectivity index (χ2v) is 6.40. The van der Waals surface area contributed by atoms with Crippen LogP contribution in [0.4, 0.5) is 11.4 Å². The molecular formula is C20H26N4O3. The Morgan fingerprint density at radius 3 is 2.56 bits per heavy atom. The van der Waals surface area contributed by atoms with Gasteiger partial charge in [-0.05, 0) is 37.4 Å². The Kier molecular flexibility index (Phi) is 5.41. The Hall–Kier alpha value is -2.93. The van der Waals surface area contributed by atoms with Crippen molar-refractivity contribution < 1.29 is 9.84 Å². The van der Waals surface area contributed by atoms with Gasteiger partial charge in [0.05, 0.1) is 34.6 Å². The van der Waals surface area contributed by atoms with Crippen molar-refractivity contribution in [1.82, 2.24) is 9.88 Å². The van der Waals surface area contributed by atoms with Crippen LogP contribution in [0.5, 0.6) is 11.5 Å². The van der Waals surface area contributed by atoms with Gasteiger partial charge in [0, 0.05) is 18.8 Å². The highest BCUT2D eigenvalue weighted by molar-refractivity contribution is 6.06. The number of aromatic nitrogens is 1. The predicted octanol–water partition coefficient (Wildman–Crippen LogP) is 2.73. The second kappa shape index (κ2) is 7.75. The first-order chi connectivity index (χ1) is 13.0. The lowest BCUT2D eigenvalue weighted by atomic mass is 10.1. The number of ether oxygens (including phenoxy) is 1. The number of nitrogen functional groups attached to an aromatic ring is 1. The van der Waals surface area contributed by atoms with Crippen LogP contribution in [0.15, 0.2) is 29.1 Å². The Labute approximate surface area is 157 Å². The maximum absolute atomic E-state index is 13.2. The first-order valence-corrected chi connectivity index (χ1v) is 9.12. The lowest BCUT2D eigenvalue weighted by Gasteiger charge is -2.19. The van der Waals surface area contributed by atoms with Crippen molar-refractivity contribution in [3.05, 3.63) is 34.5 Å². The summed E-state index contributed by atoms with van der Waals surface area (Å²) in [7, 11) is 1.52. The maximum Gasteiger partial charge on any atom is 0.203 e. The normalized spacial score (nSPS) is 11.4. The van der Waals surface area contributed by atoms with Gasteiger partial charge in [0.15, 0.2) is 0 Å². The molecule has 5 N–H and O–H groups in total. The van der Waals surface area contributed by atoms with Crippen LogP contribution in [0.1, 0.15) is 13.8 Å². The zero-order chi connectivity index (χ0) is 19.6. The molecule has 7 heteroatoms. The first kappa shape index (κ1) is 18.8. The van der Waals surface area contributed by atoms with E-state index in [4.69, 9.17) is 10.5 Å². The third-order valence-electron chi connectivity index (χ3n) is 4.94. The van der Waals surface area contributed by atoms with Crippen molar-refractivity contribution >= 4 is 33.2 Å². The van der Waals surface area contributed by atoms with Crippen molar-refractivity contribution in [3.63, 3.8) is 0 Å². The quantitative estimate of drug-likeness (QED) is 0.377. The average molecular weight is 370 g/mol. The van der Waals surface area contributed by atoms with E-state index in [0.717, 1.165) is 19.6 Å². The number of hydrogen-bond donors (Lipinski definition) is 4. The Morgan fingerprint density at radius 1 is 1.15 bits per heavy atom. The Balaban J connectivity index is 2.16. The van der Waals surface area contributed by atoms with Gasteiger partial charge < -0.3 is 30.8 Å². The number of aromatic hydroxyl groups is 1. The number of nitrogens with two attached hydrogens (primary N) is 1. The minimum Gasteiger partial charge on any atom is -0.507 e. The molecule has 144 valence electrons. The number of benzene rings is 2. The summed E-state index contributed by atoms with van der Waals surface area (Å²) in [6.45, 7) is 7.75. The molecule has 27 heavy (non-hydrogen) atoms. The van der Waals surface area contributed by atoms with Crippen molar-refractivity contribution in [2.75, 3.05) is 44.3 Å². The number of phenolic OH excluding ortho intramolecular Hbond substituents is 1. The molecule has 0 radical (unpaired) electrons. The molecule has 3 aromatic rings. The Morgan fingerprint density at radius 2 is 1.89 bits per heavy atom. The van der Waals surface area contributed by atoms with E-state index in [2.05, 4.69) is 29.0 Å². The van der Waals surface area contributed by atoms with Gasteiger partial charge in [-0.15, -0.1) is 0 Å². The molecule has 0 bridgehead atoms. The Bertz CT molecular complexity index is 1030. The van der Waals surface area contributed by atoms with E-state index in [1.165, 1.54) is 13.2 Å². The summed E-state index contributed by atoms with van der Waals surface area (Å²) < 4.78 is 5.33. The minimum absolute atomic E-state index is 0.0922. The van der Waals surface area contributed by atoms with E-state index in [-0.39, 0.29) is 16.6 Å². The third-order valence-corrected chi connectivity index (χ3v) is 4.94. The SMILES string of the molecule is CCN(CC)CCNc1ccc(N)c2[nH]c3c(OC)ccc(O)c3c(=O)c12. The summed E-state index contributed by atoms with van der Waals surface area (Å²) in [5.41, 5.74) is 7.96. The molecule has 0 saturated carbocycles. The number of anilines is 2. The molecule has 0 fully saturated rings. The monoisotopic (exact) mass is 370 g/mol. The fraction of sp³-hybridized carbons (Fsp3) is 0.350. The first-order valence-electron chi connectivity index (χ1n) is 9.12. The van der Waals surface area contributed by atoms with Crippen LogP contribution in [0.2, 0.25) is 0 Å². The highest BCUT2D eigenvalue weighted by Gasteiger charge is 2.17. The molecule has 0 aliphatic carbocycles. The number of phenols is 1. The van der Waals surface area contributed by atoms with E-state index in [0.29, 0.717) is 40.1 Å². The minimum atomic E-state index is -0.284. The number of nitrogens with one attached hydrogen (secondary N) is 2. The number of methoxy groups -OCH3 is 1. The maximum atomic E-state index is 13.2. The van der Waals surface area contributed by atoms with Crippen molar-refractivity contribution in [2.45, 2.75) is 13.8 Å². The molecule has 0 atom stereocenters. The molecule has 7 nitrogen and oxygen atoms in total. The molecule has 0 saturated heterocycles. The number of aromatic amines is 1. The molecule has 0 spiro atoms. The number of rotatable bonds is 7. The molecule has 3 rings (SSSR count). The standard InChI is InChI=1S/C20H26N4O3/c1-4-24(5-2)11-10-22-13-7-6-12(21)18-16(13)20(26)17-14(25)8-9-15(27-3)19(17)23-18/h6-9,22,25H,4-5,10-11,21H2,1-3H3,(H,23,26). The highest BCUT2D eigenvalue weighted by atomic mass is 16.5. The fourth-order valence-electron chi connectivity index (χ4n) is 3.37. The van der Waals surface area contributed by atoms with Gasteiger partial charge in [-0.2, -0.15) is 0 Å². The van der Waals surface area contributed by atoms with E-state index < -0.39 is 0 Å². The van der Waals surface area contributed by atoms with E-state index >= 15 is 0 Å². The van der Waals surface area contributed by atoms with Crippen LogP contribution in [-0.2, 0) is 0 Å². The van der Waals surface area contributed by atoms with E-state index in [1.54, 1.807) is 18.2 Å². The summed E-state index contributed by atoms with van der Waals surface area (Å²) in [5.74, 6) is 0.381. The number of nitrogens with zero attached hydrogens (tertiary/aromatic N) is 1. The van der Waals surface area contributed by atoms with Crippen LogP contribution in [0, 0.1) is 0 Å². The number of H-pyrrole nitrogens is 1. The van der Waals surface area contributed by atoms with Crippen molar-refractivity contribution in [2.24, 2.45) is 0 Å². The summed E-state index contributed by atoms with van der Waals surface area (Å²) >= 11 is 0. The second-order valence-electron chi connectivity index (χ2n) is 6.40. The predicted molar refractivity (Wildman–Crippen MR) is 111 cm³/mol. The van der Waals surface area contributed by atoms with Gasteiger partial charge in [0.1, 0.15) is 11.5 Å². The summed E-state index contributed by atoms with van der Waals surface area (Å²) in [4.78, 5) is 18.7. The summed E-state index contributed by atoms with van der Waals surface area (Å²) in [5, 5.41) is 14.2. The van der Waals surface area contributed by atoms with Gasteiger partial charge >= 0.3 is 0 Å². The van der Waals surface area contributed by atoms with Crippen LogP contribution in [0.25, 0.3) is 21.8 Å². The fourth-order valence-corrected chi connectivity index (χ4v) is 3.37. The number of hydrogen-bond acceptors (Lipinski definition) is 6. The van der Waals surface area contributed by atoms with Gasteiger partial charge in [0.25, 0.3) is 0 Å². The molecule has 0 unspecified atom stereocenters. The van der Waals surface area contributed by atoms with Crippen LogP contribution < -0.4 is 21.2 Å². The average Bonchev–Trinajstić information content (AvgIpc) is 2.67. The summed E-state index contributed by atoms with van der Waals surface area (Å²) in [6.07, 6.45) is 0. The third kappa shape index (κ3) is 3.38. The summed E-state index contributed by atoms with van der Waals surface area (Å²) in [6, 6.07) is 6.64. The lowest BCUT2D eigenvalue weighted by molar-refractivity contribution is 0.316. The zero-order valence-corrected chi connectivity index (χ0v) is 15.9. The molecule has 0 amide bonds. The van der Waals surface area contributed by atoms with Crippen LogP contribution in [-0.4, -0.2) is 48.3 Å². The van der Waals surface area contributed by atoms with Gasteiger partial charge in [-0.25, -0.2) is 0 Å². The number of fused-ring (bicyclic) bond motifs is 2. The van der Waals surface area contributed by atoms with E-state index in [9.17, 15) is 9.90 Å². The molecule has 1 aromatic heterocycles. The molecular weight excluding hydrogens is 344 g/mol. The zero-order valence-electron chi connectivity index (χ0n) is 15.9. The van der Waals surface area contributed by atoms with Crippen LogP contribution in [0.3, 0.4) is 0 Å². The largest absolute Gasteiger partial charge is 0.507 e. The smallest absolute Gasteiger partial charge is 0.203 e. The van der Waals surface area contributed by atoms with Gasteiger partial charge in [-0.1, -0.05) is 13.8 Å². The molecule has 0 aliphatic rings. The highest BCUT2D eigenvalue weighted by Crippen LogP contribution is 2.33. The topological polar surface area (TPSA) is 104 Å². The van der Waals surface area contributed by atoms with E-state index in [1.807, 2.05) is 0 Å². The van der Waals surface area contributed by atoms with Gasteiger partial charge in [-0.3, -0.25) is 4.79 Å². The lowest BCUT2D eigenvalue weighted by Crippen LogP contribution is -2.28. The van der Waals surface area contributed by atoms with Gasteiger partial charge in [0.2, 0.25) is 5.43 Å². The van der Waals surface area contributed by atoms with Crippen molar-refractivity contribution in [3.8, 4) is 11.5 Å². The number of likely N-dealkylation sites (N-methyl/N-ethyl adjacent to an activating group) is 1.